The molecule has 0 aliphatic carbocycles. The molecule has 2 fully saturated rings. The highest BCUT2D eigenvalue weighted by molar-refractivity contribution is 9.10. The number of fused-ring (bicyclic) bond motifs is 1. The van der Waals surface area contributed by atoms with E-state index >= 15 is 0 Å². The van der Waals surface area contributed by atoms with Crippen LogP contribution in [0.25, 0.3) is 0 Å². The highest BCUT2D eigenvalue weighted by Crippen LogP contribution is 2.42. The maximum atomic E-state index is 5.43. The first-order valence-corrected chi connectivity index (χ1v) is 5.34. The number of hydrogen-bond donors (Lipinski definition) is 0. The zero-order valence-electron chi connectivity index (χ0n) is 7.35. The molecule has 1 aromatic rings. The van der Waals surface area contributed by atoms with E-state index in [9.17, 15) is 0 Å². The van der Waals surface area contributed by atoms with Crippen LogP contribution in [0.2, 0.25) is 0 Å². The molecule has 74 valence electrons. The molecule has 3 atom stereocenters. The number of hydrogen-bond acceptors (Lipinski definition) is 3. The van der Waals surface area contributed by atoms with E-state index in [0.717, 1.165) is 10.0 Å². The third-order valence-electron chi connectivity index (χ3n) is 2.54. The van der Waals surface area contributed by atoms with Crippen molar-refractivity contribution in [2.45, 2.75) is 18.3 Å². The lowest BCUT2D eigenvalue weighted by molar-refractivity contribution is -0.339. The van der Waals surface area contributed by atoms with Gasteiger partial charge in [-0.3, -0.25) is 0 Å². The Bertz CT molecular complexity index is 355. The Morgan fingerprint density at radius 2 is 2.14 bits per heavy atom. The largest absolute Gasteiger partial charge is 0.364 e. The fourth-order valence-corrected chi connectivity index (χ4v) is 2.24. The summed E-state index contributed by atoms with van der Waals surface area (Å²) in [5.74, 6) is 0. The van der Waals surface area contributed by atoms with Crippen LogP contribution in [-0.4, -0.2) is 18.8 Å². The second-order valence-electron chi connectivity index (χ2n) is 3.46. The maximum absolute atomic E-state index is 5.43. The van der Waals surface area contributed by atoms with E-state index in [0.29, 0.717) is 6.61 Å². The molecule has 2 saturated heterocycles. The van der Waals surface area contributed by atoms with E-state index in [2.05, 4.69) is 15.9 Å². The summed E-state index contributed by atoms with van der Waals surface area (Å²) in [6, 6.07) is 7.96. The molecule has 0 amide bonds. The van der Waals surface area contributed by atoms with Crippen molar-refractivity contribution in [1.82, 2.24) is 0 Å². The normalized spacial score (nSPS) is 35.1. The van der Waals surface area contributed by atoms with Gasteiger partial charge in [0.1, 0.15) is 24.9 Å². The van der Waals surface area contributed by atoms with E-state index < -0.39 is 0 Å². The van der Waals surface area contributed by atoms with Crippen molar-refractivity contribution in [3.8, 4) is 0 Å². The lowest BCUT2D eigenvalue weighted by Gasteiger charge is -2.19. The van der Waals surface area contributed by atoms with Gasteiger partial charge in [-0.15, -0.1) is 0 Å². The van der Waals surface area contributed by atoms with E-state index in [1.54, 1.807) is 0 Å². The van der Waals surface area contributed by atoms with E-state index in [4.69, 9.17) is 14.5 Å². The van der Waals surface area contributed by atoms with Crippen LogP contribution in [-0.2, 0) is 14.5 Å². The Balaban J connectivity index is 1.91. The Hall–Kier alpha value is -0.420. The van der Waals surface area contributed by atoms with Crippen molar-refractivity contribution in [2.24, 2.45) is 0 Å². The topological polar surface area (TPSA) is 31.0 Å². The van der Waals surface area contributed by atoms with Gasteiger partial charge in [-0.05, 0) is 6.07 Å². The molecular formula is C10H9BrO3. The Morgan fingerprint density at radius 3 is 3.00 bits per heavy atom. The predicted octanol–water partition coefficient (Wildman–Crippen LogP) is 2.22. The summed E-state index contributed by atoms with van der Waals surface area (Å²) in [5, 5.41) is 0. The second-order valence-corrected chi connectivity index (χ2v) is 4.32. The molecule has 0 N–H and O–H groups in total. The SMILES string of the molecule is Brc1ccccc1[C@H]1OOC[C@H]2O[C@@H]12. The molecule has 0 spiro atoms. The van der Waals surface area contributed by atoms with Crippen molar-refractivity contribution in [3.05, 3.63) is 34.3 Å². The van der Waals surface area contributed by atoms with Gasteiger partial charge < -0.3 is 4.74 Å². The molecule has 0 radical (unpaired) electrons. The Kier molecular flexibility index (Phi) is 2.09. The zero-order chi connectivity index (χ0) is 9.54. The van der Waals surface area contributed by atoms with Gasteiger partial charge in [-0.25, -0.2) is 9.78 Å². The molecule has 0 bridgehead atoms. The fourth-order valence-electron chi connectivity index (χ4n) is 1.73. The van der Waals surface area contributed by atoms with Gasteiger partial charge >= 0.3 is 0 Å². The summed E-state index contributed by atoms with van der Waals surface area (Å²) < 4.78 is 6.46. The number of rotatable bonds is 1. The minimum Gasteiger partial charge on any atom is -0.364 e. The number of epoxide rings is 1. The summed E-state index contributed by atoms with van der Waals surface area (Å²) in [6.45, 7) is 0.547. The summed E-state index contributed by atoms with van der Waals surface area (Å²) in [4.78, 5) is 10.2. The fraction of sp³-hybridized carbons (Fsp3) is 0.400. The van der Waals surface area contributed by atoms with Gasteiger partial charge in [-0.2, -0.15) is 0 Å². The summed E-state index contributed by atoms with van der Waals surface area (Å²) in [7, 11) is 0. The van der Waals surface area contributed by atoms with Gasteiger partial charge in [-0.1, -0.05) is 34.1 Å². The minimum absolute atomic E-state index is 0.0932. The number of halogens is 1. The van der Waals surface area contributed by atoms with E-state index in [-0.39, 0.29) is 18.3 Å². The molecule has 2 aliphatic rings. The maximum Gasteiger partial charge on any atom is 0.148 e. The predicted molar refractivity (Wildman–Crippen MR) is 52.6 cm³/mol. The Morgan fingerprint density at radius 1 is 1.29 bits per heavy atom. The van der Waals surface area contributed by atoms with Crippen molar-refractivity contribution >= 4 is 15.9 Å². The molecule has 2 heterocycles. The van der Waals surface area contributed by atoms with Crippen molar-refractivity contribution in [2.75, 3.05) is 6.61 Å². The first kappa shape index (κ1) is 8.85. The molecule has 0 aromatic heterocycles. The molecule has 1 aromatic carbocycles. The quantitative estimate of drug-likeness (QED) is 0.571. The molecule has 14 heavy (non-hydrogen) atoms. The van der Waals surface area contributed by atoms with Crippen LogP contribution in [0.15, 0.2) is 28.7 Å². The van der Waals surface area contributed by atoms with Crippen LogP contribution in [0.5, 0.6) is 0 Å². The summed E-state index contributed by atoms with van der Waals surface area (Å²) in [6.07, 6.45) is 0.299. The van der Waals surface area contributed by atoms with Crippen LogP contribution >= 0.6 is 15.9 Å². The summed E-state index contributed by atoms with van der Waals surface area (Å²) >= 11 is 3.49. The van der Waals surface area contributed by atoms with E-state index in [1.807, 2.05) is 24.3 Å². The average molecular weight is 257 g/mol. The van der Waals surface area contributed by atoms with Gasteiger partial charge in [0, 0.05) is 10.0 Å². The standard InChI is InChI=1S/C10H9BrO3/c11-7-4-2-1-3-6(7)9-10-8(13-10)5-12-14-9/h1-4,8-10H,5H2/t8-,9-,10-/m1/s1. The molecule has 4 heteroatoms. The van der Waals surface area contributed by atoms with Crippen LogP contribution in [0.4, 0.5) is 0 Å². The third kappa shape index (κ3) is 1.39. The van der Waals surface area contributed by atoms with Crippen molar-refractivity contribution in [3.63, 3.8) is 0 Å². The van der Waals surface area contributed by atoms with Crippen LogP contribution in [0.3, 0.4) is 0 Å². The van der Waals surface area contributed by atoms with Gasteiger partial charge in [0.15, 0.2) is 0 Å². The van der Waals surface area contributed by atoms with Gasteiger partial charge in [0.05, 0.1) is 0 Å². The molecular weight excluding hydrogens is 248 g/mol. The van der Waals surface area contributed by atoms with Crippen LogP contribution < -0.4 is 0 Å². The second kappa shape index (κ2) is 3.31. The first-order chi connectivity index (χ1) is 6.86. The molecule has 3 nitrogen and oxygen atoms in total. The van der Waals surface area contributed by atoms with Crippen LogP contribution in [0, 0.1) is 0 Å². The molecule has 2 aliphatic heterocycles. The monoisotopic (exact) mass is 256 g/mol. The molecule has 0 unspecified atom stereocenters. The minimum atomic E-state index is -0.0932. The van der Waals surface area contributed by atoms with E-state index in [1.165, 1.54) is 0 Å². The van der Waals surface area contributed by atoms with Gasteiger partial charge in [0.25, 0.3) is 0 Å². The molecule has 0 saturated carbocycles. The average Bonchev–Trinajstić information content (AvgIpc) is 2.97. The molecule has 3 rings (SSSR count). The number of benzene rings is 1. The highest BCUT2D eigenvalue weighted by Gasteiger charge is 2.51. The lowest BCUT2D eigenvalue weighted by atomic mass is 10.0. The van der Waals surface area contributed by atoms with Crippen LogP contribution in [0.1, 0.15) is 11.7 Å². The van der Waals surface area contributed by atoms with Crippen molar-refractivity contribution < 1.29 is 14.5 Å². The third-order valence-corrected chi connectivity index (χ3v) is 3.26. The van der Waals surface area contributed by atoms with Crippen molar-refractivity contribution in [1.29, 1.82) is 0 Å². The smallest absolute Gasteiger partial charge is 0.148 e. The number of ether oxygens (including phenoxy) is 1. The first-order valence-electron chi connectivity index (χ1n) is 4.54. The zero-order valence-corrected chi connectivity index (χ0v) is 8.94. The summed E-state index contributed by atoms with van der Waals surface area (Å²) in [5.41, 5.74) is 1.08. The highest BCUT2D eigenvalue weighted by atomic mass is 79.9. The lowest BCUT2D eigenvalue weighted by Crippen LogP contribution is -2.22. The Labute approximate surface area is 90.0 Å². The van der Waals surface area contributed by atoms with Gasteiger partial charge in [0.2, 0.25) is 0 Å².